The largest absolute Gasteiger partial charge is 0.390 e. The van der Waals surface area contributed by atoms with Gasteiger partial charge in [0.1, 0.15) is 11.8 Å². The van der Waals surface area contributed by atoms with Crippen LogP contribution in [0.5, 0.6) is 0 Å². The van der Waals surface area contributed by atoms with Crippen molar-refractivity contribution in [3.8, 4) is 0 Å². The number of hydrogen-bond acceptors (Lipinski definition) is 5. The Balaban J connectivity index is 1.63. The average molecular weight is 322 g/mol. The minimum absolute atomic E-state index is 0.000321. The number of amides is 1. The molecule has 2 N–H and O–H groups in total. The first kappa shape index (κ1) is 16.4. The molecule has 0 spiro atoms. The molecule has 2 heterocycles. The van der Waals surface area contributed by atoms with Gasteiger partial charge in [0.25, 0.3) is 0 Å². The van der Waals surface area contributed by atoms with Crippen LogP contribution in [0.4, 0.5) is 0 Å². The number of carbonyl (C=O) groups is 1. The van der Waals surface area contributed by atoms with Gasteiger partial charge < -0.3 is 15.2 Å². The summed E-state index contributed by atoms with van der Waals surface area (Å²) >= 11 is 0. The molecule has 1 aliphatic carbocycles. The van der Waals surface area contributed by atoms with E-state index in [1.165, 1.54) is 0 Å². The first-order valence-electron chi connectivity index (χ1n) is 8.68. The number of nitrogens with one attached hydrogen (secondary N) is 1. The van der Waals surface area contributed by atoms with Gasteiger partial charge in [-0.05, 0) is 32.1 Å². The lowest BCUT2D eigenvalue weighted by Gasteiger charge is -2.32. The van der Waals surface area contributed by atoms with Crippen molar-refractivity contribution in [1.82, 2.24) is 20.3 Å². The number of ether oxygens (including phenoxy) is 1. The van der Waals surface area contributed by atoms with E-state index in [0.717, 1.165) is 44.9 Å². The molecule has 2 fully saturated rings. The lowest BCUT2D eigenvalue weighted by molar-refractivity contribution is -0.133. The Labute approximate surface area is 136 Å². The normalized spacial score (nSPS) is 31.2. The van der Waals surface area contributed by atoms with Gasteiger partial charge in [0.15, 0.2) is 0 Å². The molecule has 1 aliphatic heterocycles. The number of aromatic nitrogens is 3. The van der Waals surface area contributed by atoms with Crippen molar-refractivity contribution in [3.05, 3.63) is 11.9 Å². The molecule has 2 unspecified atom stereocenters. The van der Waals surface area contributed by atoms with Gasteiger partial charge in [-0.25, -0.2) is 4.68 Å². The maximum atomic E-state index is 12.5. The Morgan fingerprint density at radius 3 is 2.91 bits per heavy atom. The lowest BCUT2D eigenvalue weighted by atomic mass is 9.90. The SMILES string of the molecule is CCC1CCC(C(=O)N[C@H]2CCCC[C@H]2n2cc(CO)nn2)O1. The minimum atomic E-state index is -0.314. The van der Waals surface area contributed by atoms with Crippen LogP contribution in [-0.2, 0) is 16.1 Å². The van der Waals surface area contributed by atoms with E-state index < -0.39 is 0 Å². The summed E-state index contributed by atoms with van der Waals surface area (Å²) in [6.07, 6.45) is 8.52. The van der Waals surface area contributed by atoms with Gasteiger partial charge in [0, 0.05) is 0 Å². The second kappa shape index (κ2) is 7.40. The fourth-order valence-electron chi connectivity index (χ4n) is 3.62. The topological polar surface area (TPSA) is 89.3 Å². The zero-order valence-corrected chi connectivity index (χ0v) is 13.6. The molecular formula is C16H26N4O3. The number of hydrogen-bond donors (Lipinski definition) is 2. The summed E-state index contributed by atoms with van der Waals surface area (Å²) in [5.41, 5.74) is 0.561. The van der Waals surface area contributed by atoms with E-state index in [2.05, 4.69) is 22.6 Å². The summed E-state index contributed by atoms with van der Waals surface area (Å²) in [7, 11) is 0. The van der Waals surface area contributed by atoms with Crippen LogP contribution in [0.25, 0.3) is 0 Å². The Bertz CT molecular complexity index is 533. The molecule has 1 saturated carbocycles. The highest BCUT2D eigenvalue weighted by molar-refractivity contribution is 5.81. The van der Waals surface area contributed by atoms with Crippen LogP contribution >= 0.6 is 0 Å². The molecule has 3 rings (SSSR count). The Kier molecular flexibility index (Phi) is 5.27. The third-order valence-electron chi connectivity index (χ3n) is 4.97. The average Bonchev–Trinajstić information content (AvgIpc) is 3.24. The molecule has 0 bridgehead atoms. The van der Waals surface area contributed by atoms with Gasteiger partial charge in [-0.1, -0.05) is 25.0 Å². The molecule has 1 aromatic rings. The van der Waals surface area contributed by atoms with Gasteiger partial charge in [-0.3, -0.25) is 4.79 Å². The predicted molar refractivity (Wildman–Crippen MR) is 83.6 cm³/mol. The third kappa shape index (κ3) is 3.72. The van der Waals surface area contributed by atoms with E-state index >= 15 is 0 Å². The van der Waals surface area contributed by atoms with E-state index in [0.29, 0.717) is 5.69 Å². The summed E-state index contributed by atoms with van der Waals surface area (Å²) in [6.45, 7) is 1.98. The van der Waals surface area contributed by atoms with Crippen molar-refractivity contribution < 1.29 is 14.6 Å². The standard InChI is InChI=1S/C16H26N4O3/c1-2-12-7-8-15(23-12)16(22)17-13-5-3-4-6-14(13)20-9-11(10-21)18-19-20/h9,12-15,21H,2-8,10H2,1H3,(H,17,22)/t12?,13-,14+,15?/m0/s1. The van der Waals surface area contributed by atoms with Crippen LogP contribution in [0.2, 0.25) is 0 Å². The molecule has 128 valence electrons. The molecule has 1 saturated heterocycles. The Morgan fingerprint density at radius 2 is 2.22 bits per heavy atom. The maximum Gasteiger partial charge on any atom is 0.249 e. The monoisotopic (exact) mass is 322 g/mol. The van der Waals surface area contributed by atoms with E-state index in [4.69, 9.17) is 9.84 Å². The Hall–Kier alpha value is -1.47. The highest BCUT2D eigenvalue weighted by Gasteiger charge is 2.34. The quantitative estimate of drug-likeness (QED) is 0.853. The zero-order chi connectivity index (χ0) is 16.2. The van der Waals surface area contributed by atoms with Gasteiger partial charge in [-0.15, -0.1) is 5.10 Å². The van der Waals surface area contributed by atoms with Crippen LogP contribution in [-0.4, -0.2) is 44.3 Å². The van der Waals surface area contributed by atoms with Crippen LogP contribution in [0.1, 0.15) is 63.6 Å². The van der Waals surface area contributed by atoms with Crippen molar-refractivity contribution in [2.75, 3.05) is 0 Å². The predicted octanol–water partition coefficient (Wildman–Crippen LogP) is 1.33. The molecule has 1 amide bonds. The Morgan fingerprint density at radius 1 is 1.39 bits per heavy atom. The smallest absolute Gasteiger partial charge is 0.249 e. The van der Waals surface area contributed by atoms with Crippen LogP contribution in [0.3, 0.4) is 0 Å². The fraction of sp³-hybridized carbons (Fsp3) is 0.812. The van der Waals surface area contributed by atoms with Gasteiger partial charge in [0.05, 0.1) is 31.0 Å². The number of aliphatic hydroxyl groups is 1. The van der Waals surface area contributed by atoms with Gasteiger partial charge in [-0.2, -0.15) is 0 Å². The molecule has 4 atom stereocenters. The van der Waals surface area contributed by atoms with E-state index in [9.17, 15) is 4.79 Å². The lowest BCUT2D eigenvalue weighted by Crippen LogP contribution is -2.47. The molecular weight excluding hydrogens is 296 g/mol. The first-order valence-corrected chi connectivity index (χ1v) is 8.68. The maximum absolute atomic E-state index is 12.5. The minimum Gasteiger partial charge on any atom is -0.390 e. The van der Waals surface area contributed by atoms with Crippen LogP contribution in [0, 0.1) is 0 Å². The second-order valence-electron chi connectivity index (χ2n) is 6.55. The van der Waals surface area contributed by atoms with Crippen LogP contribution < -0.4 is 5.32 Å². The summed E-state index contributed by atoms with van der Waals surface area (Å²) < 4.78 is 7.59. The summed E-state index contributed by atoms with van der Waals surface area (Å²) in [5, 5.41) is 20.4. The summed E-state index contributed by atoms with van der Waals surface area (Å²) in [5.74, 6) is 0.000321. The van der Waals surface area contributed by atoms with E-state index in [-0.39, 0.29) is 36.8 Å². The molecule has 7 heteroatoms. The molecule has 0 aromatic carbocycles. The summed E-state index contributed by atoms with van der Waals surface area (Å²) in [4.78, 5) is 12.5. The van der Waals surface area contributed by atoms with Crippen molar-refractivity contribution in [2.45, 2.75) is 82.8 Å². The number of aliphatic hydroxyl groups excluding tert-OH is 1. The van der Waals surface area contributed by atoms with Gasteiger partial charge in [0.2, 0.25) is 5.91 Å². The van der Waals surface area contributed by atoms with Crippen molar-refractivity contribution in [2.24, 2.45) is 0 Å². The number of rotatable bonds is 5. The van der Waals surface area contributed by atoms with Crippen molar-refractivity contribution in [1.29, 1.82) is 0 Å². The van der Waals surface area contributed by atoms with Gasteiger partial charge >= 0.3 is 0 Å². The first-order chi connectivity index (χ1) is 11.2. The van der Waals surface area contributed by atoms with Crippen LogP contribution in [0.15, 0.2) is 6.20 Å². The zero-order valence-electron chi connectivity index (χ0n) is 13.6. The number of carbonyl (C=O) groups excluding carboxylic acids is 1. The highest BCUT2D eigenvalue weighted by Crippen LogP contribution is 2.29. The van der Waals surface area contributed by atoms with E-state index in [1.807, 2.05) is 0 Å². The highest BCUT2D eigenvalue weighted by atomic mass is 16.5. The molecule has 1 aromatic heterocycles. The molecule has 23 heavy (non-hydrogen) atoms. The van der Waals surface area contributed by atoms with Crippen molar-refractivity contribution in [3.63, 3.8) is 0 Å². The molecule has 7 nitrogen and oxygen atoms in total. The fourth-order valence-corrected chi connectivity index (χ4v) is 3.62. The van der Waals surface area contributed by atoms with Crippen molar-refractivity contribution >= 4 is 5.91 Å². The van der Waals surface area contributed by atoms with E-state index in [1.54, 1.807) is 10.9 Å². The summed E-state index contributed by atoms with van der Waals surface area (Å²) in [6, 6.07) is 0.151. The molecule has 2 aliphatic rings. The molecule has 0 radical (unpaired) electrons. The number of nitrogens with zero attached hydrogens (tertiary/aromatic N) is 3. The third-order valence-corrected chi connectivity index (χ3v) is 4.97. The second-order valence-corrected chi connectivity index (χ2v) is 6.55.